The van der Waals surface area contributed by atoms with Crippen molar-refractivity contribution in [1.29, 1.82) is 0 Å². The quantitative estimate of drug-likeness (QED) is 0.601. The third-order valence-electron chi connectivity index (χ3n) is 5.20. The second-order valence-corrected chi connectivity index (χ2v) is 6.93. The van der Waals surface area contributed by atoms with E-state index in [-0.39, 0.29) is 23.8 Å². The number of Topliss-reactive ketones (excluding diaryl/α,β-unsaturated/α-hetero) is 2. The molecule has 24 heavy (non-hydrogen) atoms. The van der Waals surface area contributed by atoms with Gasteiger partial charge in [0.05, 0.1) is 11.5 Å². The van der Waals surface area contributed by atoms with Crippen LogP contribution in [0.1, 0.15) is 52.1 Å². The first-order chi connectivity index (χ1) is 11.6. The maximum atomic E-state index is 12.9. The minimum atomic E-state index is -0.984. The molecule has 0 N–H and O–H groups in total. The topological polar surface area (TPSA) is 46.7 Å². The molecule has 1 fully saturated rings. The van der Waals surface area contributed by atoms with Crippen LogP contribution in [0, 0.1) is 5.41 Å². The van der Waals surface area contributed by atoms with Crippen LogP contribution in [0.3, 0.4) is 0 Å². The van der Waals surface area contributed by atoms with Gasteiger partial charge in [-0.3, -0.25) is 9.59 Å². The van der Waals surface area contributed by atoms with Crippen LogP contribution in [0.2, 0.25) is 5.02 Å². The lowest BCUT2D eigenvalue weighted by molar-refractivity contribution is 0.0659. The highest BCUT2D eigenvalue weighted by molar-refractivity contribution is 6.30. The van der Waals surface area contributed by atoms with Gasteiger partial charge in [-0.1, -0.05) is 54.9 Å². The van der Waals surface area contributed by atoms with Crippen LogP contribution in [0.5, 0.6) is 0 Å². The van der Waals surface area contributed by atoms with E-state index in [2.05, 4.69) is 0 Å². The van der Waals surface area contributed by atoms with Gasteiger partial charge in [-0.05, 0) is 30.5 Å². The molecule has 0 bridgehead atoms. The van der Waals surface area contributed by atoms with Gasteiger partial charge in [0.2, 0.25) is 0 Å². The number of rotatable bonds is 4. The molecule has 2 aromatic carbocycles. The molecule has 0 spiro atoms. The number of benzene rings is 2. The molecule has 0 saturated carbocycles. The number of epoxide rings is 1. The van der Waals surface area contributed by atoms with Gasteiger partial charge in [0.1, 0.15) is 6.10 Å². The summed E-state index contributed by atoms with van der Waals surface area (Å²) in [5, 5.41) is 0.660. The Morgan fingerprint density at radius 2 is 1.71 bits per heavy atom. The number of fused-ring (bicyclic) bond motifs is 1. The normalized spacial score (nSPS) is 24.1. The van der Waals surface area contributed by atoms with Crippen molar-refractivity contribution in [1.82, 2.24) is 0 Å². The second-order valence-electron chi connectivity index (χ2n) is 6.49. The van der Waals surface area contributed by atoms with Crippen LogP contribution >= 0.6 is 11.6 Å². The van der Waals surface area contributed by atoms with E-state index in [1.165, 1.54) is 0 Å². The minimum Gasteiger partial charge on any atom is -0.364 e. The molecule has 4 heteroatoms. The van der Waals surface area contributed by atoms with Gasteiger partial charge in [-0.2, -0.15) is 0 Å². The second kappa shape index (κ2) is 5.54. The van der Waals surface area contributed by atoms with Crippen molar-refractivity contribution >= 4 is 23.2 Å². The molecule has 0 aromatic heterocycles. The zero-order valence-corrected chi connectivity index (χ0v) is 14.0. The van der Waals surface area contributed by atoms with Crippen LogP contribution < -0.4 is 0 Å². The Labute approximate surface area is 145 Å². The number of carbonyl (C=O) groups excluding carboxylic acids is 2. The zero-order chi connectivity index (χ0) is 16.9. The molecule has 1 saturated heterocycles. The van der Waals surface area contributed by atoms with E-state index in [4.69, 9.17) is 16.3 Å². The number of ketones is 2. The predicted molar refractivity (Wildman–Crippen MR) is 91.5 cm³/mol. The summed E-state index contributed by atoms with van der Waals surface area (Å²) in [6.45, 7) is 1.90. The van der Waals surface area contributed by atoms with E-state index in [0.717, 1.165) is 5.56 Å². The fourth-order valence-electron chi connectivity index (χ4n) is 3.77. The molecular weight excluding hydrogens is 324 g/mol. The standard InChI is InChI=1S/C20H17ClO3/c1-2-20(18(22)14-8-3-4-9-15(14)19(20)23)11-16-17(24-16)12-6-5-7-13(21)10-12/h3-10,16-17H,2,11H2,1H3/t16-,17+/m1/s1. The Bertz CT molecular complexity index is 807. The lowest BCUT2D eigenvalue weighted by Crippen LogP contribution is -2.34. The molecule has 2 aromatic rings. The summed E-state index contributed by atoms with van der Waals surface area (Å²) in [5.74, 6) is -0.128. The predicted octanol–water partition coefficient (Wildman–Crippen LogP) is 4.65. The highest BCUT2D eigenvalue weighted by Crippen LogP contribution is 2.51. The van der Waals surface area contributed by atoms with Crippen molar-refractivity contribution in [3.63, 3.8) is 0 Å². The van der Waals surface area contributed by atoms with Gasteiger partial charge in [0.15, 0.2) is 11.6 Å². The number of carbonyl (C=O) groups is 2. The van der Waals surface area contributed by atoms with E-state index >= 15 is 0 Å². The number of hydrogen-bond acceptors (Lipinski definition) is 3. The molecule has 0 radical (unpaired) electrons. The van der Waals surface area contributed by atoms with Crippen LogP contribution in [0.4, 0.5) is 0 Å². The molecule has 2 aliphatic rings. The SMILES string of the molecule is CCC1(C[C@H]2O[C@H]2c2cccc(Cl)c2)C(=O)c2ccccc2C1=O. The van der Waals surface area contributed by atoms with E-state index in [0.29, 0.717) is 29.0 Å². The zero-order valence-electron chi connectivity index (χ0n) is 13.3. The van der Waals surface area contributed by atoms with Gasteiger partial charge >= 0.3 is 0 Å². The fourth-order valence-corrected chi connectivity index (χ4v) is 3.97. The monoisotopic (exact) mass is 340 g/mol. The van der Waals surface area contributed by atoms with Crippen molar-refractivity contribution < 1.29 is 14.3 Å². The van der Waals surface area contributed by atoms with Crippen LogP contribution in [0.15, 0.2) is 48.5 Å². The van der Waals surface area contributed by atoms with Crippen molar-refractivity contribution in [2.75, 3.05) is 0 Å². The summed E-state index contributed by atoms with van der Waals surface area (Å²) in [4.78, 5) is 25.8. The average Bonchev–Trinajstić information content (AvgIpc) is 3.33. The Kier molecular flexibility index (Phi) is 3.59. The van der Waals surface area contributed by atoms with Gasteiger partial charge in [-0.15, -0.1) is 0 Å². The Hall–Kier alpha value is -1.97. The lowest BCUT2D eigenvalue weighted by Gasteiger charge is -2.23. The van der Waals surface area contributed by atoms with Crippen molar-refractivity contribution in [3.05, 3.63) is 70.2 Å². The van der Waals surface area contributed by atoms with E-state index in [9.17, 15) is 9.59 Å². The summed E-state index contributed by atoms with van der Waals surface area (Å²) in [5.41, 5.74) is 1.10. The molecule has 3 nitrogen and oxygen atoms in total. The molecule has 1 aliphatic heterocycles. The summed E-state index contributed by atoms with van der Waals surface area (Å²) in [7, 11) is 0. The maximum absolute atomic E-state index is 12.9. The van der Waals surface area contributed by atoms with E-state index < -0.39 is 5.41 Å². The van der Waals surface area contributed by atoms with Crippen molar-refractivity contribution in [3.8, 4) is 0 Å². The number of hydrogen-bond donors (Lipinski definition) is 0. The summed E-state index contributed by atoms with van der Waals surface area (Å²) >= 11 is 6.03. The summed E-state index contributed by atoms with van der Waals surface area (Å²) in [6, 6.07) is 14.6. The molecule has 1 heterocycles. The van der Waals surface area contributed by atoms with Crippen LogP contribution in [0.25, 0.3) is 0 Å². The summed E-state index contributed by atoms with van der Waals surface area (Å²) < 4.78 is 5.78. The highest BCUT2D eigenvalue weighted by Gasteiger charge is 2.56. The Morgan fingerprint density at radius 3 is 2.29 bits per heavy atom. The average molecular weight is 341 g/mol. The molecule has 4 rings (SSSR count). The van der Waals surface area contributed by atoms with Gasteiger partial charge in [0.25, 0.3) is 0 Å². The maximum Gasteiger partial charge on any atom is 0.177 e. The molecule has 122 valence electrons. The molecular formula is C20H17ClO3. The smallest absolute Gasteiger partial charge is 0.177 e. The summed E-state index contributed by atoms with van der Waals surface area (Å²) in [6.07, 6.45) is 0.705. The number of ether oxygens (including phenoxy) is 1. The third-order valence-corrected chi connectivity index (χ3v) is 5.43. The van der Waals surface area contributed by atoms with E-state index in [1.807, 2.05) is 31.2 Å². The van der Waals surface area contributed by atoms with Gasteiger partial charge in [-0.25, -0.2) is 0 Å². The van der Waals surface area contributed by atoms with Crippen molar-refractivity contribution in [2.24, 2.45) is 5.41 Å². The van der Waals surface area contributed by atoms with Gasteiger partial charge in [0, 0.05) is 16.1 Å². The third kappa shape index (κ3) is 2.23. The van der Waals surface area contributed by atoms with E-state index in [1.54, 1.807) is 24.3 Å². The molecule has 0 amide bonds. The highest BCUT2D eigenvalue weighted by atomic mass is 35.5. The fraction of sp³-hybridized carbons (Fsp3) is 0.300. The largest absolute Gasteiger partial charge is 0.364 e. The Morgan fingerprint density at radius 1 is 1.04 bits per heavy atom. The molecule has 2 atom stereocenters. The van der Waals surface area contributed by atoms with Gasteiger partial charge < -0.3 is 4.74 Å². The minimum absolute atomic E-state index is 0.0639. The molecule has 0 unspecified atom stereocenters. The lowest BCUT2D eigenvalue weighted by atomic mass is 9.75. The van der Waals surface area contributed by atoms with Crippen LogP contribution in [-0.2, 0) is 4.74 Å². The first-order valence-corrected chi connectivity index (χ1v) is 8.54. The first kappa shape index (κ1) is 15.6. The number of halogens is 1. The Balaban J connectivity index is 1.60. The van der Waals surface area contributed by atoms with Crippen LogP contribution in [-0.4, -0.2) is 17.7 Å². The first-order valence-electron chi connectivity index (χ1n) is 8.16. The molecule has 1 aliphatic carbocycles. The van der Waals surface area contributed by atoms with Crippen molar-refractivity contribution in [2.45, 2.75) is 32.0 Å².